The third kappa shape index (κ3) is 4.83. The summed E-state index contributed by atoms with van der Waals surface area (Å²) in [6.45, 7) is 4.37. The number of carbonyl (C=O) groups excluding carboxylic acids is 1. The summed E-state index contributed by atoms with van der Waals surface area (Å²) < 4.78 is 0. The van der Waals surface area contributed by atoms with Crippen LogP contribution in [-0.4, -0.2) is 22.9 Å². The van der Waals surface area contributed by atoms with E-state index >= 15 is 0 Å². The zero-order valence-corrected chi connectivity index (χ0v) is 16.3. The molecule has 0 fully saturated rings. The van der Waals surface area contributed by atoms with E-state index in [1.165, 1.54) is 5.56 Å². The number of hydrogen-bond donors (Lipinski definition) is 1. The second-order valence-electron chi connectivity index (χ2n) is 6.41. The number of carbonyl (C=O) groups is 1. The quantitative estimate of drug-likeness (QED) is 0.700. The molecule has 0 spiro atoms. The molecule has 0 aliphatic rings. The van der Waals surface area contributed by atoms with E-state index in [0.717, 1.165) is 5.56 Å². The average molecular weight is 381 g/mol. The van der Waals surface area contributed by atoms with Gasteiger partial charge in [-0.05, 0) is 43.2 Å². The van der Waals surface area contributed by atoms with Gasteiger partial charge in [0.1, 0.15) is 17.3 Å². The number of nitrogens with zero attached hydrogens (tertiary/aromatic N) is 3. The van der Waals surface area contributed by atoms with Crippen molar-refractivity contribution in [3.8, 4) is 0 Å². The highest BCUT2D eigenvalue weighted by atomic mass is 35.5. The molecule has 0 saturated heterocycles. The van der Waals surface area contributed by atoms with E-state index < -0.39 is 0 Å². The summed E-state index contributed by atoms with van der Waals surface area (Å²) in [5.41, 5.74) is 3.09. The fraction of sp³-hybridized carbons (Fsp3) is 0.190. The van der Waals surface area contributed by atoms with Crippen LogP contribution in [0.3, 0.4) is 0 Å². The van der Waals surface area contributed by atoms with Gasteiger partial charge in [0.15, 0.2) is 0 Å². The Morgan fingerprint density at radius 1 is 1.07 bits per heavy atom. The third-order valence-corrected chi connectivity index (χ3v) is 4.38. The molecule has 0 radical (unpaired) electrons. The number of hydrogen-bond acceptors (Lipinski definition) is 4. The topological polar surface area (TPSA) is 58.1 Å². The molecule has 0 aliphatic carbocycles. The molecule has 1 amide bonds. The second kappa shape index (κ2) is 8.18. The summed E-state index contributed by atoms with van der Waals surface area (Å²) in [5.74, 6) is 0.968. The molecule has 27 heavy (non-hydrogen) atoms. The number of benzene rings is 2. The number of aromatic nitrogens is 2. The van der Waals surface area contributed by atoms with Crippen LogP contribution in [0.2, 0.25) is 5.02 Å². The molecular formula is C21H21ClN4O. The lowest BCUT2D eigenvalue weighted by molar-refractivity contribution is 0.102. The Morgan fingerprint density at radius 2 is 1.81 bits per heavy atom. The summed E-state index contributed by atoms with van der Waals surface area (Å²) in [5, 5.41) is 3.52. The van der Waals surface area contributed by atoms with Crippen LogP contribution < -0.4 is 10.2 Å². The Hall–Kier alpha value is -2.92. The lowest BCUT2D eigenvalue weighted by atomic mass is 10.2. The van der Waals surface area contributed by atoms with Gasteiger partial charge in [0, 0.05) is 30.4 Å². The third-order valence-electron chi connectivity index (χ3n) is 4.15. The van der Waals surface area contributed by atoms with Gasteiger partial charge >= 0.3 is 0 Å². The molecule has 1 heterocycles. The minimum Gasteiger partial charge on any atom is -0.355 e. The Morgan fingerprint density at radius 3 is 2.52 bits per heavy atom. The van der Waals surface area contributed by atoms with E-state index in [1.54, 1.807) is 25.1 Å². The molecule has 2 aromatic carbocycles. The van der Waals surface area contributed by atoms with Crippen LogP contribution in [0.25, 0.3) is 0 Å². The Kier molecular flexibility index (Phi) is 5.72. The van der Waals surface area contributed by atoms with Crippen LogP contribution in [-0.2, 0) is 6.54 Å². The zero-order valence-electron chi connectivity index (χ0n) is 15.5. The Bertz CT molecular complexity index is 960. The molecule has 0 atom stereocenters. The van der Waals surface area contributed by atoms with E-state index in [1.807, 2.05) is 43.1 Å². The highest BCUT2D eigenvalue weighted by molar-refractivity contribution is 6.30. The van der Waals surface area contributed by atoms with Crippen molar-refractivity contribution in [2.75, 3.05) is 17.3 Å². The number of rotatable bonds is 5. The van der Waals surface area contributed by atoms with Gasteiger partial charge in [0.2, 0.25) is 0 Å². The first kappa shape index (κ1) is 18.9. The zero-order chi connectivity index (χ0) is 19.4. The molecule has 138 valence electrons. The van der Waals surface area contributed by atoms with E-state index in [4.69, 9.17) is 11.6 Å². The van der Waals surface area contributed by atoms with Crippen molar-refractivity contribution in [3.05, 3.63) is 82.3 Å². The van der Waals surface area contributed by atoms with E-state index in [-0.39, 0.29) is 5.91 Å². The summed E-state index contributed by atoms with van der Waals surface area (Å²) >= 11 is 5.97. The first-order valence-corrected chi connectivity index (χ1v) is 8.98. The Balaban J connectivity index is 1.80. The summed E-state index contributed by atoms with van der Waals surface area (Å²) in [4.78, 5) is 23.4. The summed E-state index contributed by atoms with van der Waals surface area (Å²) in [6, 6.07) is 17.1. The number of nitrogens with one attached hydrogen (secondary N) is 1. The SMILES string of the molecule is Cc1nc(C(=O)Nc2ccc(Cl)cc2C)cc(N(C)Cc2ccccc2)n1. The molecule has 0 unspecified atom stereocenters. The van der Waals surface area contributed by atoms with Gasteiger partial charge in [-0.15, -0.1) is 0 Å². The van der Waals surface area contributed by atoms with Crippen molar-refractivity contribution in [2.24, 2.45) is 0 Å². The molecule has 1 aromatic heterocycles. The second-order valence-corrected chi connectivity index (χ2v) is 6.85. The van der Waals surface area contributed by atoms with Crippen molar-refractivity contribution in [3.63, 3.8) is 0 Å². The maximum absolute atomic E-state index is 12.7. The van der Waals surface area contributed by atoms with Crippen molar-refractivity contribution in [1.29, 1.82) is 0 Å². The van der Waals surface area contributed by atoms with Gasteiger partial charge in [-0.3, -0.25) is 4.79 Å². The molecule has 6 heteroatoms. The lowest BCUT2D eigenvalue weighted by Crippen LogP contribution is -2.21. The highest BCUT2D eigenvalue weighted by Crippen LogP contribution is 2.21. The largest absolute Gasteiger partial charge is 0.355 e. The standard InChI is InChI=1S/C21H21ClN4O/c1-14-11-17(22)9-10-18(14)25-21(27)19-12-20(24-15(2)23-19)26(3)13-16-7-5-4-6-8-16/h4-12H,13H2,1-3H3,(H,25,27). The van der Waals surface area contributed by atoms with Crippen molar-refractivity contribution < 1.29 is 4.79 Å². The average Bonchev–Trinajstić information content (AvgIpc) is 2.64. The van der Waals surface area contributed by atoms with Gasteiger partial charge in [0.25, 0.3) is 5.91 Å². The number of aryl methyl sites for hydroxylation is 2. The van der Waals surface area contributed by atoms with Crippen LogP contribution in [0.15, 0.2) is 54.6 Å². The smallest absolute Gasteiger partial charge is 0.274 e. The summed E-state index contributed by atoms with van der Waals surface area (Å²) in [6.07, 6.45) is 0. The Labute approximate surface area is 164 Å². The lowest BCUT2D eigenvalue weighted by Gasteiger charge is -2.19. The predicted molar refractivity (Wildman–Crippen MR) is 109 cm³/mol. The van der Waals surface area contributed by atoms with Crippen molar-refractivity contribution in [1.82, 2.24) is 9.97 Å². The van der Waals surface area contributed by atoms with Crippen molar-refractivity contribution in [2.45, 2.75) is 20.4 Å². The van der Waals surface area contributed by atoms with Crippen molar-refractivity contribution >= 4 is 29.0 Å². The minimum absolute atomic E-state index is 0.278. The van der Waals surface area contributed by atoms with E-state index in [9.17, 15) is 4.79 Å². The number of anilines is 2. The van der Waals surface area contributed by atoms with Gasteiger partial charge in [-0.25, -0.2) is 9.97 Å². The van der Waals surface area contributed by atoms with Crippen LogP contribution in [0, 0.1) is 13.8 Å². The van der Waals surface area contributed by atoms with Crippen LogP contribution in [0.5, 0.6) is 0 Å². The van der Waals surface area contributed by atoms with Gasteiger partial charge in [0.05, 0.1) is 0 Å². The van der Waals surface area contributed by atoms with Crippen LogP contribution in [0.1, 0.15) is 27.4 Å². The fourth-order valence-corrected chi connectivity index (χ4v) is 2.98. The maximum atomic E-state index is 12.7. The van der Waals surface area contributed by atoms with E-state index in [2.05, 4.69) is 27.4 Å². The monoisotopic (exact) mass is 380 g/mol. The summed E-state index contributed by atoms with van der Waals surface area (Å²) in [7, 11) is 1.94. The van der Waals surface area contributed by atoms with E-state index in [0.29, 0.717) is 34.6 Å². The first-order chi connectivity index (χ1) is 12.9. The molecule has 3 aromatic rings. The fourth-order valence-electron chi connectivity index (χ4n) is 2.76. The molecule has 0 saturated carbocycles. The predicted octanol–water partition coefficient (Wildman–Crippen LogP) is 4.64. The minimum atomic E-state index is -0.278. The molecule has 0 bridgehead atoms. The van der Waals surface area contributed by atoms with Gasteiger partial charge < -0.3 is 10.2 Å². The number of halogens is 1. The van der Waals surface area contributed by atoms with Gasteiger partial charge in [-0.2, -0.15) is 0 Å². The van der Waals surface area contributed by atoms with Crippen LogP contribution in [0.4, 0.5) is 11.5 Å². The highest BCUT2D eigenvalue weighted by Gasteiger charge is 2.14. The molecule has 3 rings (SSSR count). The normalized spacial score (nSPS) is 10.5. The maximum Gasteiger partial charge on any atom is 0.274 e. The molecular weight excluding hydrogens is 360 g/mol. The van der Waals surface area contributed by atoms with Crippen LogP contribution >= 0.6 is 11.6 Å². The molecule has 5 nitrogen and oxygen atoms in total. The first-order valence-electron chi connectivity index (χ1n) is 8.60. The van der Waals surface area contributed by atoms with Gasteiger partial charge in [-0.1, -0.05) is 41.9 Å². The number of amides is 1. The molecule has 0 aliphatic heterocycles. The molecule has 1 N–H and O–H groups in total.